The molecular formula is C19H24O6. The molecule has 0 fully saturated rings. The lowest BCUT2D eigenvalue weighted by Crippen LogP contribution is -2.39. The minimum atomic E-state index is -1.81. The Morgan fingerprint density at radius 1 is 0.760 bits per heavy atom. The van der Waals surface area contributed by atoms with Gasteiger partial charge in [-0.05, 0) is 19.1 Å². The minimum absolute atomic E-state index is 0.332. The van der Waals surface area contributed by atoms with Gasteiger partial charge in [-0.2, -0.15) is 0 Å². The van der Waals surface area contributed by atoms with Crippen LogP contribution in [0.15, 0.2) is 36.4 Å². The van der Waals surface area contributed by atoms with Crippen LogP contribution in [-0.2, 0) is 5.60 Å². The fourth-order valence-corrected chi connectivity index (χ4v) is 2.97. The maximum atomic E-state index is 11.6. The average Bonchev–Trinajstić information content (AvgIpc) is 2.65. The van der Waals surface area contributed by atoms with Crippen molar-refractivity contribution in [1.82, 2.24) is 0 Å². The maximum Gasteiger partial charge on any atom is 0.167 e. The number of ether oxygens (including phenoxy) is 4. The van der Waals surface area contributed by atoms with E-state index in [1.54, 1.807) is 36.4 Å². The Balaban J connectivity index is 2.82. The van der Waals surface area contributed by atoms with Crippen LogP contribution in [0.25, 0.3) is 0 Å². The number of hydrogen-bond donors (Lipinski definition) is 2. The normalized spacial score (nSPS) is 12.4. The molecule has 6 nitrogen and oxygen atoms in total. The zero-order valence-corrected chi connectivity index (χ0v) is 15.1. The van der Waals surface area contributed by atoms with Gasteiger partial charge in [-0.25, -0.2) is 0 Å². The predicted octanol–water partition coefficient (Wildman–Crippen LogP) is 2.34. The van der Waals surface area contributed by atoms with Crippen LogP contribution in [0.1, 0.15) is 18.1 Å². The summed E-state index contributed by atoms with van der Waals surface area (Å²) in [6, 6.07) is 10.2. The zero-order chi connectivity index (χ0) is 18.6. The molecule has 0 unspecified atom stereocenters. The van der Waals surface area contributed by atoms with E-state index in [2.05, 4.69) is 0 Å². The molecule has 0 heterocycles. The van der Waals surface area contributed by atoms with Crippen LogP contribution in [0.4, 0.5) is 0 Å². The van der Waals surface area contributed by atoms with E-state index < -0.39 is 11.7 Å². The molecule has 0 aromatic heterocycles. The van der Waals surface area contributed by atoms with Crippen molar-refractivity contribution in [3.63, 3.8) is 0 Å². The molecule has 6 heteroatoms. The Morgan fingerprint density at radius 3 is 1.44 bits per heavy atom. The number of hydrogen-bond acceptors (Lipinski definition) is 6. The van der Waals surface area contributed by atoms with E-state index in [0.717, 1.165) is 0 Å². The Bertz CT molecular complexity index is 670. The fourth-order valence-electron chi connectivity index (χ4n) is 2.97. The highest BCUT2D eigenvalue weighted by Gasteiger charge is 2.43. The SMILES string of the molecule is COc1cccc(C(O)(c2cccc(OC)c2OC)[C@H](C)O)c1OC. The van der Waals surface area contributed by atoms with Gasteiger partial charge in [0.15, 0.2) is 23.0 Å². The summed E-state index contributed by atoms with van der Waals surface area (Å²) in [5.41, 5.74) is -1.09. The smallest absolute Gasteiger partial charge is 0.167 e. The zero-order valence-electron chi connectivity index (χ0n) is 15.1. The molecule has 0 radical (unpaired) electrons. The number of para-hydroxylation sites is 2. The first kappa shape index (κ1) is 18.9. The number of benzene rings is 2. The molecule has 2 aromatic carbocycles. The highest BCUT2D eigenvalue weighted by molar-refractivity contribution is 5.58. The molecule has 25 heavy (non-hydrogen) atoms. The van der Waals surface area contributed by atoms with Crippen molar-refractivity contribution in [2.24, 2.45) is 0 Å². The highest BCUT2D eigenvalue weighted by atomic mass is 16.5. The second kappa shape index (κ2) is 7.63. The number of aliphatic hydroxyl groups excluding tert-OH is 1. The monoisotopic (exact) mass is 348 g/mol. The first-order valence-electron chi connectivity index (χ1n) is 7.79. The van der Waals surface area contributed by atoms with Gasteiger partial charge < -0.3 is 29.2 Å². The van der Waals surface area contributed by atoms with Gasteiger partial charge in [0.25, 0.3) is 0 Å². The van der Waals surface area contributed by atoms with E-state index in [4.69, 9.17) is 18.9 Å². The molecule has 0 aliphatic heterocycles. The van der Waals surface area contributed by atoms with Crippen molar-refractivity contribution in [3.05, 3.63) is 47.5 Å². The fraction of sp³-hybridized carbons (Fsp3) is 0.368. The summed E-state index contributed by atoms with van der Waals surface area (Å²) in [6.07, 6.45) is -1.17. The van der Waals surface area contributed by atoms with Crippen molar-refractivity contribution in [3.8, 4) is 23.0 Å². The topological polar surface area (TPSA) is 77.4 Å². The largest absolute Gasteiger partial charge is 0.493 e. The lowest BCUT2D eigenvalue weighted by molar-refractivity contribution is -0.0423. The van der Waals surface area contributed by atoms with Gasteiger partial charge in [0.1, 0.15) is 5.60 Å². The molecule has 0 saturated carbocycles. The quantitative estimate of drug-likeness (QED) is 0.800. The average molecular weight is 348 g/mol. The lowest BCUT2D eigenvalue weighted by atomic mass is 9.81. The summed E-state index contributed by atoms with van der Waals surface area (Å²) >= 11 is 0. The summed E-state index contributed by atoms with van der Waals surface area (Å²) in [7, 11) is 5.98. The van der Waals surface area contributed by atoms with Crippen molar-refractivity contribution < 1.29 is 29.2 Å². The summed E-state index contributed by atoms with van der Waals surface area (Å²) in [6.45, 7) is 1.50. The van der Waals surface area contributed by atoms with Crippen LogP contribution >= 0.6 is 0 Å². The molecule has 0 aliphatic rings. The third-order valence-electron chi connectivity index (χ3n) is 4.23. The third-order valence-corrected chi connectivity index (χ3v) is 4.23. The van der Waals surface area contributed by atoms with Crippen LogP contribution < -0.4 is 18.9 Å². The second-order valence-corrected chi connectivity index (χ2v) is 5.52. The summed E-state index contributed by atoms with van der Waals surface area (Å²) < 4.78 is 21.5. The molecule has 0 aliphatic carbocycles. The van der Waals surface area contributed by atoms with Crippen molar-refractivity contribution in [2.45, 2.75) is 18.6 Å². The van der Waals surface area contributed by atoms with Crippen molar-refractivity contribution >= 4 is 0 Å². The molecule has 0 bridgehead atoms. The lowest BCUT2D eigenvalue weighted by Gasteiger charge is -2.34. The molecule has 136 valence electrons. The van der Waals surface area contributed by atoms with E-state index in [1.165, 1.54) is 35.4 Å². The molecule has 0 saturated heterocycles. The van der Waals surface area contributed by atoms with Gasteiger partial charge in [-0.1, -0.05) is 24.3 Å². The molecule has 2 aromatic rings. The molecule has 2 N–H and O–H groups in total. The third kappa shape index (κ3) is 3.10. The van der Waals surface area contributed by atoms with Crippen molar-refractivity contribution in [1.29, 1.82) is 0 Å². The summed E-state index contributed by atoms with van der Waals surface area (Å²) in [4.78, 5) is 0. The van der Waals surface area contributed by atoms with Crippen LogP contribution in [-0.4, -0.2) is 44.8 Å². The van der Waals surface area contributed by atoms with Crippen LogP contribution in [0.2, 0.25) is 0 Å². The van der Waals surface area contributed by atoms with E-state index in [1.807, 2.05) is 0 Å². The van der Waals surface area contributed by atoms with Gasteiger partial charge in [0, 0.05) is 11.1 Å². The van der Waals surface area contributed by atoms with Gasteiger partial charge >= 0.3 is 0 Å². The highest BCUT2D eigenvalue weighted by Crippen LogP contribution is 2.47. The molecule has 1 atom stereocenters. The van der Waals surface area contributed by atoms with Gasteiger partial charge in [0.05, 0.1) is 34.5 Å². The van der Waals surface area contributed by atoms with Crippen LogP contribution in [0, 0.1) is 0 Å². The van der Waals surface area contributed by atoms with Crippen molar-refractivity contribution in [2.75, 3.05) is 28.4 Å². The molecule has 0 spiro atoms. The second-order valence-electron chi connectivity index (χ2n) is 5.52. The summed E-state index contributed by atoms with van der Waals surface area (Å²) in [5.74, 6) is 1.55. The van der Waals surface area contributed by atoms with Gasteiger partial charge in [-0.15, -0.1) is 0 Å². The summed E-state index contributed by atoms with van der Waals surface area (Å²) in [5, 5.41) is 22.1. The molecule has 2 rings (SSSR count). The Kier molecular flexibility index (Phi) is 5.77. The van der Waals surface area contributed by atoms with Crippen LogP contribution in [0.5, 0.6) is 23.0 Å². The Hall–Kier alpha value is -2.44. The van der Waals surface area contributed by atoms with E-state index in [-0.39, 0.29) is 0 Å². The molecular weight excluding hydrogens is 324 g/mol. The first-order chi connectivity index (χ1) is 11.9. The number of aliphatic hydroxyl groups is 2. The van der Waals surface area contributed by atoms with E-state index in [9.17, 15) is 10.2 Å². The van der Waals surface area contributed by atoms with E-state index >= 15 is 0 Å². The molecule has 0 amide bonds. The van der Waals surface area contributed by atoms with Gasteiger partial charge in [-0.3, -0.25) is 0 Å². The minimum Gasteiger partial charge on any atom is -0.493 e. The maximum absolute atomic E-state index is 11.6. The predicted molar refractivity (Wildman–Crippen MR) is 93.8 cm³/mol. The Morgan fingerprint density at radius 2 is 1.16 bits per heavy atom. The Labute approximate surface area is 147 Å². The standard InChI is InChI=1S/C19H24O6/c1-12(20)19(21,13-8-6-10-15(22-2)17(13)24-4)14-9-7-11-16(23-3)18(14)25-5/h6-12,20-21H,1-5H3/t12-/m0/s1. The first-order valence-corrected chi connectivity index (χ1v) is 7.79. The number of rotatable bonds is 7. The van der Waals surface area contributed by atoms with Gasteiger partial charge in [0.2, 0.25) is 0 Å². The van der Waals surface area contributed by atoms with Crippen LogP contribution in [0.3, 0.4) is 0 Å². The number of methoxy groups -OCH3 is 4. The van der Waals surface area contributed by atoms with E-state index in [0.29, 0.717) is 34.1 Å².